The van der Waals surface area contributed by atoms with E-state index in [0.717, 1.165) is 30.0 Å². The number of likely N-dealkylation sites (tertiary alicyclic amines) is 1. The molecule has 0 radical (unpaired) electrons. The third-order valence-electron chi connectivity index (χ3n) is 4.04. The van der Waals surface area contributed by atoms with Gasteiger partial charge in [-0.2, -0.15) is 0 Å². The highest BCUT2D eigenvalue weighted by Crippen LogP contribution is 2.32. The maximum absolute atomic E-state index is 14.1. The lowest BCUT2D eigenvalue weighted by Gasteiger charge is -2.31. The fourth-order valence-corrected chi connectivity index (χ4v) is 3.69. The lowest BCUT2D eigenvalue weighted by Crippen LogP contribution is -2.43. The maximum Gasteiger partial charge on any atom is 0.242 e. The van der Waals surface area contributed by atoms with Crippen molar-refractivity contribution in [3.8, 4) is 10.4 Å². The van der Waals surface area contributed by atoms with Crippen LogP contribution in [-0.2, 0) is 11.3 Å². The Morgan fingerprint density at radius 2 is 2.22 bits per heavy atom. The predicted octanol–water partition coefficient (Wildman–Crippen LogP) is 3.79. The molecule has 3 aromatic heterocycles. The summed E-state index contributed by atoms with van der Waals surface area (Å²) >= 11 is 7.41. The number of nitrogens with zero attached hydrogens (tertiary/aromatic N) is 3. The molecule has 0 atom stereocenters. The first-order chi connectivity index (χ1) is 11.1. The van der Waals surface area contributed by atoms with Gasteiger partial charge in [0.2, 0.25) is 5.91 Å². The monoisotopic (exact) mass is 349 g/mol. The third kappa shape index (κ3) is 2.62. The van der Waals surface area contributed by atoms with Crippen molar-refractivity contribution < 1.29 is 9.18 Å². The molecule has 7 heteroatoms. The van der Waals surface area contributed by atoms with E-state index in [1.54, 1.807) is 15.7 Å². The van der Waals surface area contributed by atoms with Gasteiger partial charge in [0.1, 0.15) is 12.1 Å². The maximum atomic E-state index is 14.1. The van der Waals surface area contributed by atoms with Crippen molar-refractivity contribution in [3.63, 3.8) is 0 Å². The molecule has 0 bridgehead atoms. The Morgan fingerprint density at radius 1 is 1.39 bits per heavy atom. The van der Waals surface area contributed by atoms with Gasteiger partial charge in [-0.1, -0.05) is 11.6 Å². The molecule has 3 aromatic rings. The number of carbonyl (C=O) groups excluding carboxylic acids is 1. The molecule has 0 spiro atoms. The van der Waals surface area contributed by atoms with Crippen molar-refractivity contribution in [2.75, 3.05) is 13.1 Å². The normalized spacial score (nSPS) is 14.3. The summed E-state index contributed by atoms with van der Waals surface area (Å²) in [6.07, 6.45) is 4.02. The van der Waals surface area contributed by atoms with Gasteiger partial charge < -0.3 is 9.47 Å². The van der Waals surface area contributed by atoms with Gasteiger partial charge in [0, 0.05) is 35.9 Å². The van der Waals surface area contributed by atoms with Crippen molar-refractivity contribution >= 4 is 39.9 Å². The Hall–Kier alpha value is -1.92. The summed E-state index contributed by atoms with van der Waals surface area (Å²) in [5.74, 6) is -0.398. The number of carbonyl (C=O) groups is 1. The van der Waals surface area contributed by atoms with Gasteiger partial charge in [-0.05, 0) is 24.6 Å². The van der Waals surface area contributed by atoms with Gasteiger partial charge in [0.15, 0.2) is 5.82 Å². The minimum absolute atomic E-state index is 0.0118. The Kier molecular flexibility index (Phi) is 3.58. The Bertz CT molecular complexity index is 900. The highest BCUT2D eigenvalue weighted by Gasteiger charge is 2.21. The molecule has 0 aromatic carbocycles. The molecule has 0 aliphatic carbocycles. The van der Waals surface area contributed by atoms with Gasteiger partial charge in [-0.25, -0.2) is 4.39 Å². The summed E-state index contributed by atoms with van der Waals surface area (Å²) < 4.78 is 16.4. The van der Waals surface area contributed by atoms with Crippen LogP contribution < -0.4 is 0 Å². The first kappa shape index (κ1) is 14.7. The molecule has 0 unspecified atom stereocenters. The van der Waals surface area contributed by atoms with E-state index in [0.29, 0.717) is 9.85 Å². The van der Waals surface area contributed by atoms with Crippen molar-refractivity contribution in [2.45, 2.75) is 13.0 Å². The zero-order valence-electron chi connectivity index (χ0n) is 12.1. The first-order valence-corrected chi connectivity index (χ1v) is 8.49. The second kappa shape index (κ2) is 5.62. The van der Waals surface area contributed by atoms with Crippen LogP contribution >= 0.6 is 22.9 Å². The number of rotatable bonds is 3. The van der Waals surface area contributed by atoms with Crippen LogP contribution in [0.4, 0.5) is 4.39 Å². The Balaban J connectivity index is 1.73. The average molecular weight is 350 g/mol. The van der Waals surface area contributed by atoms with Gasteiger partial charge >= 0.3 is 0 Å². The summed E-state index contributed by atoms with van der Waals surface area (Å²) in [5, 5.41) is 0. The van der Waals surface area contributed by atoms with Crippen LogP contribution in [0.1, 0.15) is 6.42 Å². The van der Waals surface area contributed by atoms with Crippen molar-refractivity contribution in [3.05, 3.63) is 40.7 Å². The molecule has 0 N–H and O–H groups in total. The minimum Gasteiger partial charge on any atom is -0.341 e. The number of hydrogen-bond acceptors (Lipinski definition) is 3. The van der Waals surface area contributed by atoms with Gasteiger partial charge in [0.25, 0.3) is 0 Å². The Morgan fingerprint density at radius 3 is 2.87 bits per heavy atom. The van der Waals surface area contributed by atoms with E-state index in [4.69, 9.17) is 11.6 Å². The predicted molar refractivity (Wildman–Crippen MR) is 89.2 cm³/mol. The van der Waals surface area contributed by atoms with Crippen LogP contribution in [-0.4, -0.2) is 33.4 Å². The van der Waals surface area contributed by atoms with Crippen LogP contribution in [0.15, 0.2) is 30.6 Å². The van der Waals surface area contributed by atoms with Crippen LogP contribution in [0, 0.1) is 5.82 Å². The van der Waals surface area contributed by atoms with E-state index in [1.807, 2.05) is 18.2 Å². The molecular formula is C16H13ClFN3OS. The highest BCUT2D eigenvalue weighted by atomic mass is 35.5. The molecule has 118 valence electrons. The molecule has 4 rings (SSSR count). The largest absolute Gasteiger partial charge is 0.341 e. The molecule has 1 saturated heterocycles. The number of thiophene rings is 1. The van der Waals surface area contributed by atoms with Crippen LogP contribution in [0.2, 0.25) is 4.34 Å². The number of hydrogen-bond donors (Lipinski definition) is 0. The van der Waals surface area contributed by atoms with E-state index in [1.165, 1.54) is 17.5 Å². The summed E-state index contributed by atoms with van der Waals surface area (Å²) in [6.45, 7) is 1.71. The number of halogens is 2. The Labute approximate surface area is 141 Å². The smallest absolute Gasteiger partial charge is 0.242 e. The van der Waals surface area contributed by atoms with Crippen LogP contribution in [0.25, 0.3) is 21.5 Å². The summed E-state index contributed by atoms with van der Waals surface area (Å²) in [4.78, 5) is 19.1. The zero-order valence-corrected chi connectivity index (χ0v) is 13.7. The second-order valence-electron chi connectivity index (χ2n) is 5.53. The van der Waals surface area contributed by atoms with E-state index >= 15 is 0 Å². The highest BCUT2D eigenvalue weighted by molar-refractivity contribution is 7.19. The first-order valence-electron chi connectivity index (χ1n) is 7.30. The zero-order chi connectivity index (χ0) is 16.0. The SMILES string of the molecule is O=C(Cn1cc(F)c2ncc(-c3ccc(Cl)s3)cc21)N1CCC1. The molecule has 0 saturated carbocycles. The fourth-order valence-electron chi connectivity index (χ4n) is 2.67. The standard InChI is InChI=1S/C16H13ClFN3OS/c17-14-3-2-13(23-14)10-6-12-16(19-7-10)11(18)8-21(12)9-15(22)20-4-1-5-20/h2-3,6-8H,1,4-5,9H2. The molecule has 1 fully saturated rings. The fraction of sp³-hybridized carbons (Fsp3) is 0.250. The third-order valence-corrected chi connectivity index (χ3v) is 5.32. The van der Waals surface area contributed by atoms with Crippen LogP contribution in [0.5, 0.6) is 0 Å². The van der Waals surface area contributed by atoms with Crippen molar-refractivity contribution in [2.24, 2.45) is 0 Å². The van der Waals surface area contributed by atoms with Gasteiger partial charge in [0.05, 0.1) is 9.85 Å². The summed E-state index contributed by atoms with van der Waals surface area (Å²) in [5.41, 5.74) is 1.77. The van der Waals surface area contributed by atoms with E-state index in [-0.39, 0.29) is 18.0 Å². The molecule has 1 aliphatic heterocycles. The molecule has 1 aliphatic rings. The quantitative estimate of drug-likeness (QED) is 0.721. The van der Waals surface area contributed by atoms with Crippen molar-refractivity contribution in [1.29, 1.82) is 0 Å². The van der Waals surface area contributed by atoms with E-state index in [9.17, 15) is 9.18 Å². The van der Waals surface area contributed by atoms with Gasteiger partial charge in [-0.15, -0.1) is 11.3 Å². The molecule has 4 nitrogen and oxygen atoms in total. The second-order valence-corrected chi connectivity index (χ2v) is 7.25. The molecule has 4 heterocycles. The molecular weight excluding hydrogens is 337 g/mol. The molecule has 1 amide bonds. The summed E-state index contributed by atoms with van der Waals surface area (Å²) in [7, 11) is 0. The lowest BCUT2D eigenvalue weighted by molar-refractivity contribution is -0.135. The van der Waals surface area contributed by atoms with E-state index in [2.05, 4.69) is 4.98 Å². The number of pyridine rings is 1. The number of aromatic nitrogens is 2. The number of amides is 1. The van der Waals surface area contributed by atoms with Crippen LogP contribution in [0.3, 0.4) is 0 Å². The van der Waals surface area contributed by atoms with E-state index < -0.39 is 5.82 Å². The topological polar surface area (TPSA) is 38.1 Å². The van der Waals surface area contributed by atoms with Crippen molar-refractivity contribution in [1.82, 2.24) is 14.5 Å². The number of fused-ring (bicyclic) bond motifs is 1. The molecule has 23 heavy (non-hydrogen) atoms. The minimum atomic E-state index is -0.410. The lowest BCUT2D eigenvalue weighted by atomic mass is 10.2. The summed E-state index contributed by atoms with van der Waals surface area (Å²) in [6, 6.07) is 5.58. The average Bonchev–Trinajstić information content (AvgIpc) is 3.02. The van der Waals surface area contributed by atoms with Gasteiger partial charge in [-0.3, -0.25) is 9.78 Å².